The van der Waals surface area contributed by atoms with E-state index in [1.165, 1.54) is 12.1 Å². The zero-order chi connectivity index (χ0) is 20.9. The second-order valence-corrected chi connectivity index (χ2v) is 6.50. The Morgan fingerprint density at radius 3 is 1.80 bits per heavy atom. The van der Waals surface area contributed by atoms with Crippen LogP contribution in [0, 0.1) is 0 Å². The number of benzene rings is 3. The average molecular weight is 398 g/mol. The molecule has 148 valence electrons. The summed E-state index contributed by atoms with van der Waals surface area (Å²) in [5.41, 5.74) is 3.78. The number of carbonyl (C=O) groups is 1. The van der Waals surface area contributed by atoms with Gasteiger partial charge in [-0.05, 0) is 59.7 Å². The van der Waals surface area contributed by atoms with Crippen molar-refractivity contribution < 1.29 is 19.1 Å². The van der Waals surface area contributed by atoms with Crippen LogP contribution in [-0.2, 0) is 0 Å². The van der Waals surface area contributed by atoms with Crippen molar-refractivity contribution >= 4 is 5.97 Å². The first-order valence-electron chi connectivity index (χ1n) is 9.26. The van der Waals surface area contributed by atoms with Crippen molar-refractivity contribution in [3.05, 3.63) is 91.0 Å². The molecule has 0 spiro atoms. The van der Waals surface area contributed by atoms with Crippen molar-refractivity contribution in [3.63, 3.8) is 0 Å². The monoisotopic (exact) mass is 398 g/mol. The maximum atomic E-state index is 11.0. The minimum atomic E-state index is -0.980. The number of nitrogens with zero attached hydrogens (tertiary/aromatic N) is 2. The minimum absolute atomic E-state index is 0.203. The summed E-state index contributed by atoms with van der Waals surface area (Å²) in [6.45, 7) is 4.12. The van der Waals surface area contributed by atoms with E-state index in [0.717, 1.165) is 22.4 Å². The highest BCUT2D eigenvalue weighted by atomic mass is 16.5. The van der Waals surface area contributed by atoms with Crippen LogP contribution in [-0.4, -0.2) is 27.9 Å². The van der Waals surface area contributed by atoms with Gasteiger partial charge in [0.1, 0.15) is 12.4 Å². The standard InChI is InChI=1S/C24H18N2O4/c1-2-15-29-21-13-11-17(12-14-21)16-3-5-18(6-4-16)22-25-26-23(30-22)19-7-9-20(10-8-19)24(27)28/h2-14H,1,15H2,(H,27,28). The van der Waals surface area contributed by atoms with Gasteiger partial charge in [-0.2, -0.15) is 0 Å². The molecule has 0 bridgehead atoms. The lowest BCUT2D eigenvalue weighted by molar-refractivity contribution is 0.0697. The Morgan fingerprint density at radius 1 is 0.833 bits per heavy atom. The molecule has 0 aliphatic rings. The molecule has 4 aromatic rings. The first-order chi connectivity index (χ1) is 14.6. The van der Waals surface area contributed by atoms with Crippen LogP contribution in [0.25, 0.3) is 34.0 Å². The van der Waals surface area contributed by atoms with E-state index in [1.807, 2.05) is 48.5 Å². The number of rotatable bonds is 7. The lowest BCUT2D eigenvalue weighted by atomic mass is 10.0. The van der Waals surface area contributed by atoms with E-state index in [1.54, 1.807) is 18.2 Å². The molecule has 6 heteroatoms. The van der Waals surface area contributed by atoms with Gasteiger partial charge in [0.25, 0.3) is 0 Å². The molecule has 0 saturated carbocycles. The van der Waals surface area contributed by atoms with Crippen molar-refractivity contribution in [1.29, 1.82) is 0 Å². The summed E-state index contributed by atoms with van der Waals surface area (Å²) in [6, 6.07) is 22.0. The summed E-state index contributed by atoms with van der Waals surface area (Å²) in [6.07, 6.45) is 1.71. The number of hydrogen-bond donors (Lipinski definition) is 1. The van der Waals surface area contributed by atoms with Crippen LogP contribution in [0.15, 0.2) is 89.9 Å². The molecular weight excluding hydrogens is 380 g/mol. The number of hydrogen-bond acceptors (Lipinski definition) is 5. The highest BCUT2D eigenvalue weighted by Gasteiger charge is 2.12. The number of ether oxygens (including phenoxy) is 1. The Bertz CT molecular complexity index is 1160. The van der Waals surface area contributed by atoms with E-state index >= 15 is 0 Å². The van der Waals surface area contributed by atoms with Crippen molar-refractivity contribution in [2.24, 2.45) is 0 Å². The van der Waals surface area contributed by atoms with E-state index in [0.29, 0.717) is 24.0 Å². The highest BCUT2D eigenvalue weighted by Crippen LogP contribution is 2.28. The van der Waals surface area contributed by atoms with Gasteiger partial charge in [0.05, 0.1) is 5.56 Å². The number of carboxylic acid groups (broad SMARTS) is 1. The molecular formula is C24H18N2O4. The smallest absolute Gasteiger partial charge is 0.335 e. The minimum Gasteiger partial charge on any atom is -0.490 e. The molecule has 1 N–H and O–H groups in total. The Balaban J connectivity index is 1.50. The fraction of sp³-hybridized carbons (Fsp3) is 0.0417. The van der Waals surface area contributed by atoms with Gasteiger partial charge in [-0.25, -0.2) is 4.79 Å². The van der Waals surface area contributed by atoms with Gasteiger partial charge in [-0.3, -0.25) is 0 Å². The topological polar surface area (TPSA) is 85.5 Å². The maximum absolute atomic E-state index is 11.0. The molecule has 0 amide bonds. The molecule has 4 rings (SSSR count). The molecule has 0 unspecified atom stereocenters. The van der Waals surface area contributed by atoms with Gasteiger partial charge < -0.3 is 14.3 Å². The van der Waals surface area contributed by atoms with Crippen molar-refractivity contribution in [2.75, 3.05) is 6.61 Å². The van der Waals surface area contributed by atoms with Gasteiger partial charge in [-0.15, -0.1) is 10.2 Å². The Hall–Kier alpha value is -4.19. The van der Waals surface area contributed by atoms with Crippen molar-refractivity contribution in [3.8, 4) is 39.8 Å². The second kappa shape index (κ2) is 8.45. The lowest BCUT2D eigenvalue weighted by Gasteiger charge is -2.06. The Morgan fingerprint density at radius 2 is 1.30 bits per heavy atom. The Kier molecular flexibility index (Phi) is 5.39. The molecule has 0 aliphatic carbocycles. The summed E-state index contributed by atoms with van der Waals surface area (Å²) in [4.78, 5) is 11.0. The zero-order valence-electron chi connectivity index (χ0n) is 16.0. The van der Waals surface area contributed by atoms with Crippen LogP contribution in [0.3, 0.4) is 0 Å². The van der Waals surface area contributed by atoms with Crippen LogP contribution in [0.1, 0.15) is 10.4 Å². The number of aromatic nitrogens is 2. The largest absolute Gasteiger partial charge is 0.490 e. The molecule has 3 aromatic carbocycles. The first kappa shape index (κ1) is 19.1. The van der Waals surface area contributed by atoms with Crippen LogP contribution in [0.4, 0.5) is 0 Å². The van der Waals surface area contributed by atoms with Gasteiger partial charge in [0.2, 0.25) is 11.8 Å². The maximum Gasteiger partial charge on any atom is 0.335 e. The molecule has 0 saturated heterocycles. The average Bonchev–Trinajstić information content (AvgIpc) is 3.28. The molecule has 1 heterocycles. The zero-order valence-corrected chi connectivity index (χ0v) is 16.0. The first-order valence-corrected chi connectivity index (χ1v) is 9.26. The molecule has 0 radical (unpaired) electrons. The molecule has 6 nitrogen and oxygen atoms in total. The van der Waals surface area contributed by atoms with Crippen molar-refractivity contribution in [1.82, 2.24) is 10.2 Å². The molecule has 30 heavy (non-hydrogen) atoms. The van der Waals surface area contributed by atoms with Crippen LogP contribution in [0.2, 0.25) is 0 Å². The highest BCUT2D eigenvalue weighted by molar-refractivity contribution is 5.88. The number of carboxylic acids is 1. The van der Waals surface area contributed by atoms with Gasteiger partial charge in [-0.1, -0.05) is 36.9 Å². The van der Waals surface area contributed by atoms with E-state index < -0.39 is 5.97 Å². The fourth-order valence-corrected chi connectivity index (χ4v) is 2.92. The third-order valence-electron chi connectivity index (χ3n) is 4.49. The van der Waals surface area contributed by atoms with Crippen LogP contribution in [0.5, 0.6) is 5.75 Å². The second-order valence-electron chi connectivity index (χ2n) is 6.50. The van der Waals surface area contributed by atoms with Gasteiger partial charge in [0, 0.05) is 11.1 Å². The lowest BCUT2D eigenvalue weighted by Crippen LogP contribution is -1.94. The van der Waals surface area contributed by atoms with Gasteiger partial charge >= 0.3 is 5.97 Å². The molecule has 0 aliphatic heterocycles. The van der Waals surface area contributed by atoms with E-state index in [4.69, 9.17) is 14.3 Å². The third-order valence-corrected chi connectivity index (χ3v) is 4.49. The summed E-state index contributed by atoms with van der Waals surface area (Å²) < 4.78 is 11.3. The summed E-state index contributed by atoms with van der Waals surface area (Å²) in [5, 5.41) is 17.2. The summed E-state index contributed by atoms with van der Waals surface area (Å²) in [7, 11) is 0. The summed E-state index contributed by atoms with van der Waals surface area (Å²) in [5.74, 6) is 0.546. The summed E-state index contributed by atoms with van der Waals surface area (Å²) >= 11 is 0. The van der Waals surface area contributed by atoms with E-state index in [9.17, 15) is 4.79 Å². The normalized spacial score (nSPS) is 10.5. The molecule has 0 fully saturated rings. The van der Waals surface area contributed by atoms with Crippen LogP contribution >= 0.6 is 0 Å². The Labute approximate surface area is 173 Å². The SMILES string of the molecule is C=CCOc1ccc(-c2ccc(-c3nnc(-c4ccc(C(=O)O)cc4)o3)cc2)cc1. The van der Waals surface area contributed by atoms with E-state index in [2.05, 4.69) is 16.8 Å². The van der Waals surface area contributed by atoms with E-state index in [-0.39, 0.29) is 5.56 Å². The molecule has 0 atom stereocenters. The predicted octanol–water partition coefficient (Wildman–Crippen LogP) is 5.33. The predicted molar refractivity (Wildman–Crippen MR) is 113 cm³/mol. The van der Waals surface area contributed by atoms with Crippen molar-refractivity contribution in [2.45, 2.75) is 0 Å². The van der Waals surface area contributed by atoms with Crippen LogP contribution < -0.4 is 4.74 Å². The number of aromatic carboxylic acids is 1. The molecule has 1 aromatic heterocycles. The fourth-order valence-electron chi connectivity index (χ4n) is 2.92. The van der Waals surface area contributed by atoms with Gasteiger partial charge in [0.15, 0.2) is 0 Å². The quantitative estimate of drug-likeness (QED) is 0.423. The third kappa shape index (κ3) is 4.12.